The fourth-order valence-electron chi connectivity index (χ4n) is 2.55. The number of hydrogen-bond acceptors (Lipinski definition) is 4. The largest absolute Gasteiger partial charge is 0.352 e. The summed E-state index contributed by atoms with van der Waals surface area (Å²) in [5.41, 5.74) is 2.28. The summed E-state index contributed by atoms with van der Waals surface area (Å²) in [6, 6.07) is 0. The molecule has 1 amide bonds. The number of hydrogen-bond donors (Lipinski definition) is 2. The highest BCUT2D eigenvalue weighted by atomic mass is 16.1. The molecule has 2 rings (SSSR count). The molecular formula is C14H25N5O. The predicted molar refractivity (Wildman–Crippen MR) is 78.9 cm³/mol. The van der Waals surface area contributed by atoms with Crippen molar-refractivity contribution in [3.8, 4) is 0 Å². The number of aromatic nitrogens is 2. The van der Waals surface area contributed by atoms with Crippen LogP contribution in [0.2, 0.25) is 0 Å². The lowest BCUT2D eigenvalue weighted by Gasteiger charge is -2.32. The van der Waals surface area contributed by atoms with Crippen LogP contribution in [0.1, 0.15) is 28.2 Å². The van der Waals surface area contributed by atoms with Crippen molar-refractivity contribution >= 4 is 5.91 Å². The van der Waals surface area contributed by atoms with Crippen LogP contribution in [0.3, 0.4) is 0 Å². The second-order valence-electron chi connectivity index (χ2n) is 5.56. The van der Waals surface area contributed by atoms with Crippen molar-refractivity contribution in [1.82, 2.24) is 25.3 Å². The Morgan fingerprint density at radius 3 is 2.60 bits per heavy atom. The average Bonchev–Trinajstić information content (AvgIpc) is 2.76. The number of piperazine rings is 1. The Kier molecular flexibility index (Phi) is 5.14. The van der Waals surface area contributed by atoms with Gasteiger partial charge in [-0.25, -0.2) is 0 Å². The van der Waals surface area contributed by atoms with Crippen LogP contribution in [-0.2, 0) is 0 Å². The molecule has 1 fully saturated rings. The molecule has 6 heteroatoms. The van der Waals surface area contributed by atoms with Crippen LogP contribution in [0.15, 0.2) is 0 Å². The van der Waals surface area contributed by atoms with Gasteiger partial charge in [-0.2, -0.15) is 5.10 Å². The lowest BCUT2D eigenvalue weighted by molar-refractivity contribution is 0.0948. The molecule has 0 saturated carbocycles. The molecule has 0 aliphatic carbocycles. The van der Waals surface area contributed by atoms with Crippen molar-refractivity contribution < 1.29 is 4.79 Å². The molecule has 0 atom stereocenters. The Balaban J connectivity index is 1.67. The monoisotopic (exact) mass is 279 g/mol. The van der Waals surface area contributed by atoms with E-state index in [0.29, 0.717) is 5.56 Å². The second-order valence-corrected chi connectivity index (χ2v) is 5.56. The van der Waals surface area contributed by atoms with Crippen molar-refractivity contribution in [2.75, 3.05) is 46.3 Å². The minimum absolute atomic E-state index is 0.0212. The van der Waals surface area contributed by atoms with E-state index in [1.807, 2.05) is 13.8 Å². The van der Waals surface area contributed by atoms with E-state index in [1.54, 1.807) is 0 Å². The number of likely N-dealkylation sites (N-methyl/N-ethyl adjacent to an activating group) is 1. The first-order valence-corrected chi connectivity index (χ1v) is 7.28. The minimum Gasteiger partial charge on any atom is -0.352 e. The zero-order valence-electron chi connectivity index (χ0n) is 12.7. The maximum Gasteiger partial charge on any atom is 0.255 e. The van der Waals surface area contributed by atoms with Crippen LogP contribution in [0, 0.1) is 13.8 Å². The fourth-order valence-corrected chi connectivity index (χ4v) is 2.55. The molecule has 6 nitrogen and oxygen atoms in total. The Bertz CT molecular complexity index is 429. The molecule has 0 radical (unpaired) electrons. The lowest BCUT2D eigenvalue weighted by Crippen LogP contribution is -2.45. The molecule has 0 unspecified atom stereocenters. The van der Waals surface area contributed by atoms with E-state index in [9.17, 15) is 4.79 Å². The molecular weight excluding hydrogens is 254 g/mol. The van der Waals surface area contributed by atoms with Crippen molar-refractivity contribution in [1.29, 1.82) is 0 Å². The third-order valence-electron chi connectivity index (χ3n) is 3.89. The summed E-state index contributed by atoms with van der Waals surface area (Å²) in [7, 11) is 2.16. The van der Waals surface area contributed by atoms with E-state index < -0.39 is 0 Å². The number of aryl methyl sites for hydroxylation is 2. The van der Waals surface area contributed by atoms with E-state index in [-0.39, 0.29) is 5.91 Å². The highest BCUT2D eigenvalue weighted by Gasteiger charge is 2.15. The molecule has 1 aromatic rings. The first kappa shape index (κ1) is 15.0. The van der Waals surface area contributed by atoms with Gasteiger partial charge in [-0.3, -0.25) is 9.89 Å². The molecule has 1 aliphatic rings. The number of carbonyl (C=O) groups excluding carboxylic acids is 1. The van der Waals surface area contributed by atoms with Gasteiger partial charge >= 0.3 is 0 Å². The Morgan fingerprint density at radius 1 is 1.30 bits per heavy atom. The van der Waals surface area contributed by atoms with E-state index in [2.05, 4.69) is 32.4 Å². The van der Waals surface area contributed by atoms with Crippen molar-refractivity contribution in [2.45, 2.75) is 20.3 Å². The molecule has 0 bridgehead atoms. The molecule has 1 aliphatic heterocycles. The Morgan fingerprint density at radius 2 is 2.00 bits per heavy atom. The molecule has 0 spiro atoms. The number of nitrogens with zero attached hydrogens (tertiary/aromatic N) is 3. The second kappa shape index (κ2) is 6.85. The third kappa shape index (κ3) is 3.80. The number of amides is 1. The van der Waals surface area contributed by atoms with Crippen LogP contribution in [-0.4, -0.2) is 72.2 Å². The normalized spacial score (nSPS) is 17.4. The van der Waals surface area contributed by atoms with Gasteiger partial charge in [0.1, 0.15) is 0 Å². The zero-order chi connectivity index (χ0) is 14.5. The van der Waals surface area contributed by atoms with E-state index in [0.717, 1.165) is 57.1 Å². The zero-order valence-corrected chi connectivity index (χ0v) is 12.7. The molecule has 2 N–H and O–H groups in total. The van der Waals surface area contributed by atoms with Gasteiger partial charge in [-0.1, -0.05) is 0 Å². The Hall–Kier alpha value is -1.40. The molecule has 20 heavy (non-hydrogen) atoms. The molecule has 1 aromatic heterocycles. The number of H-pyrrole nitrogens is 1. The molecule has 2 heterocycles. The van der Waals surface area contributed by atoms with Crippen LogP contribution in [0.5, 0.6) is 0 Å². The van der Waals surface area contributed by atoms with Gasteiger partial charge in [-0.05, 0) is 33.9 Å². The summed E-state index contributed by atoms with van der Waals surface area (Å²) in [5, 5.41) is 9.87. The molecule has 112 valence electrons. The summed E-state index contributed by atoms with van der Waals surface area (Å²) >= 11 is 0. The van der Waals surface area contributed by atoms with E-state index >= 15 is 0 Å². The minimum atomic E-state index is -0.0212. The van der Waals surface area contributed by atoms with Gasteiger partial charge in [-0.15, -0.1) is 0 Å². The smallest absolute Gasteiger partial charge is 0.255 e. The van der Waals surface area contributed by atoms with Gasteiger partial charge in [0, 0.05) is 38.4 Å². The number of rotatable bonds is 5. The van der Waals surface area contributed by atoms with Gasteiger partial charge in [0.2, 0.25) is 0 Å². The summed E-state index contributed by atoms with van der Waals surface area (Å²) < 4.78 is 0. The summed E-state index contributed by atoms with van der Waals surface area (Å²) in [6.07, 6.45) is 0.991. The number of carbonyl (C=O) groups is 1. The summed E-state index contributed by atoms with van der Waals surface area (Å²) in [5.74, 6) is -0.0212. The van der Waals surface area contributed by atoms with Gasteiger partial charge < -0.3 is 15.1 Å². The van der Waals surface area contributed by atoms with E-state index in [4.69, 9.17) is 0 Å². The van der Waals surface area contributed by atoms with Crippen molar-refractivity contribution in [3.63, 3.8) is 0 Å². The SMILES string of the molecule is Cc1n[nH]c(C)c1C(=O)NCCCN1CCN(C)CC1. The summed E-state index contributed by atoms with van der Waals surface area (Å²) in [6.45, 7) is 10.0. The van der Waals surface area contributed by atoms with Crippen molar-refractivity contribution in [3.05, 3.63) is 17.0 Å². The number of nitrogens with one attached hydrogen (secondary N) is 2. The van der Waals surface area contributed by atoms with Gasteiger partial charge in [0.25, 0.3) is 5.91 Å². The fraction of sp³-hybridized carbons (Fsp3) is 0.714. The number of aromatic amines is 1. The maximum atomic E-state index is 12.1. The highest BCUT2D eigenvalue weighted by molar-refractivity contribution is 5.96. The standard InChI is InChI=1S/C14H25N5O/c1-11-13(12(2)17-16-11)14(20)15-5-4-6-19-9-7-18(3)8-10-19/h4-10H2,1-3H3,(H,15,20)(H,16,17). The van der Waals surface area contributed by atoms with E-state index in [1.165, 1.54) is 0 Å². The summed E-state index contributed by atoms with van der Waals surface area (Å²) in [4.78, 5) is 16.9. The van der Waals surface area contributed by atoms with Crippen LogP contribution < -0.4 is 5.32 Å². The first-order chi connectivity index (χ1) is 9.58. The predicted octanol–water partition coefficient (Wildman–Crippen LogP) is 0.394. The lowest BCUT2D eigenvalue weighted by atomic mass is 10.2. The van der Waals surface area contributed by atoms with Crippen molar-refractivity contribution in [2.24, 2.45) is 0 Å². The van der Waals surface area contributed by atoms with Crippen LogP contribution in [0.4, 0.5) is 0 Å². The topological polar surface area (TPSA) is 64.3 Å². The van der Waals surface area contributed by atoms with Crippen LogP contribution >= 0.6 is 0 Å². The third-order valence-corrected chi connectivity index (χ3v) is 3.89. The maximum absolute atomic E-state index is 12.1. The van der Waals surface area contributed by atoms with Gasteiger partial charge in [0.15, 0.2) is 0 Å². The quantitative estimate of drug-likeness (QED) is 0.766. The molecule has 0 aromatic carbocycles. The van der Waals surface area contributed by atoms with Gasteiger partial charge in [0.05, 0.1) is 11.3 Å². The van der Waals surface area contributed by atoms with Crippen LogP contribution in [0.25, 0.3) is 0 Å². The first-order valence-electron chi connectivity index (χ1n) is 7.28. The Labute approximate surface area is 120 Å². The highest BCUT2D eigenvalue weighted by Crippen LogP contribution is 2.08. The average molecular weight is 279 g/mol. The molecule has 1 saturated heterocycles.